The van der Waals surface area contributed by atoms with E-state index in [0.717, 1.165) is 22.7 Å². The van der Waals surface area contributed by atoms with Gasteiger partial charge >= 0.3 is 0 Å². The van der Waals surface area contributed by atoms with Gasteiger partial charge in [-0.05, 0) is 13.8 Å². The second kappa shape index (κ2) is 6.33. The molecule has 0 spiro atoms. The van der Waals surface area contributed by atoms with E-state index in [1.807, 2.05) is 35.9 Å². The Morgan fingerprint density at radius 1 is 1.48 bits per heavy atom. The number of thiophene rings is 1. The Hall–Kier alpha value is -1.86. The zero-order valence-electron chi connectivity index (χ0n) is 13.8. The number of rotatable bonds is 3. The Kier molecular flexibility index (Phi) is 4.41. The van der Waals surface area contributed by atoms with Gasteiger partial charge in [-0.3, -0.25) is 9.48 Å². The minimum absolute atomic E-state index is 0.0225. The minimum atomic E-state index is -0.0990. The molecule has 2 aromatic heterocycles. The lowest BCUT2D eigenvalue weighted by atomic mass is 10.0. The van der Waals surface area contributed by atoms with Crippen LogP contribution >= 0.6 is 11.3 Å². The summed E-state index contributed by atoms with van der Waals surface area (Å²) < 4.78 is 12.7. The van der Waals surface area contributed by atoms with E-state index in [-0.39, 0.29) is 11.9 Å². The van der Waals surface area contributed by atoms with Gasteiger partial charge in [0, 0.05) is 36.3 Å². The Labute approximate surface area is 139 Å². The van der Waals surface area contributed by atoms with Gasteiger partial charge < -0.3 is 14.4 Å². The number of nitrogens with zero attached hydrogens (tertiary/aromatic N) is 3. The highest BCUT2D eigenvalue weighted by molar-refractivity contribution is 7.12. The predicted octanol–water partition coefficient (Wildman–Crippen LogP) is 2.32. The Bertz CT molecular complexity index is 722. The SMILES string of the molecule is COc1csc(C(=O)N2CCOC[C@H]2c2c(C)nn(C)c2C)c1. The summed E-state index contributed by atoms with van der Waals surface area (Å²) in [6.45, 7) is 5.65. The van der Waals surface area contributed by atoms with Crippen LogP contribution in [-0.2, 0) is 11.8 Å². The highest BCUT2D eigenvalue weighted by Crippen LogP contribution is 2.32. The molecule has 3 rings (SSSR count). The molecule has 3 heterocycles. The molecule has 0 unspecified atom stereocenters. The van der Waals surface area contributed by atoms with Crippen molar-refractivity contribution in [2.45, 2.75) is 19.9 Å². The third kappa shape index (κ3) is 2.86. The lowest BCUT2D eigenvalue weighted by Gasteiger charge is -2.35. The summed E-state index contributed by atoms with van der Waals surface area (Å²) in [7, 11) is 3.53. The smallest absolute Gasteiger partial charge is 0.264 e. The van der Waals surface area contributed by atoms with E-state index in [4.69, 9.17) is 9.47 Å². The maximum Gasteiger partial charge on any atom is 0.264 e. The zero-order valence-corrected chi connectivity index (χ0v) is 14.6. The van der Waals surface area contributed by atoms with E-state index in [2.05, 4.69) is 5.10 Å². The molecule has 1 aliphatic rings. The first-order valence-corrected chi connectivity index (χ1v) is 8.42. The molecule has 0 aromatic carbocycles. The number of hydrogen-bond donors (Lipinski definition) is 0. The van der Waals surface area contributed by atoms with Crippen LogP contribution in [0.2, 0.25) is 0 Å². The van der Waals surface area contributed by atoms with Crippen LogP contribution in [0.1, 0.15) is 32.7 Å². The molecular weight excluding hydrogens is 314 g/mol. The van der Waals surface area contributed by atoms with Crippen molar-refractivity contribution in [3.63, 3.8) is 0 Å². The number of ether oxygens (including phenoxy) is 2. The van der Waals surface area contributed by atoms with Gasteiger partial charge in [-0.15, -0.1) is 11.3 Å². The van der Waals surface area contributed by atoms with Crippen molar-refractivity contribution in [2.24, 2.45) is 7.05 Å². The van der Waals surface area contributed by atoms with Crippen LogP contribution in [0.4, 0.5) is 0 Å². The average molecular weight is 335 g/mol. The number of carbonyl (C=O) groups excluding carboxylic acids is 1. The fourth-order valence-electron chi connectivity index (χ4n) is 3.04. The monoisotopic (exact) mass is 335 g/mol. The lowest BCUT2D eigenvalue weighted by Crippen LogP contribution is -2.43. The van der Waals surface area contributed by atoms with Crippen LogP contribution < -0.4 is 4.74 Å². The molecule has 1 saturated heterocycles. The molecule has 6 nitrogen and oxygen atoms in total. The quantitative estimate of drug-likeness (QED) is 0.864. The highest BCUT2D eigenvalue weighted by Gasteiger charge is 2.33. The Morgan fingerprint density at radius 2 is 2.26 bits per heavy atom. The summed E-state index contributed by atoms with van der Waals surface area (Å²) >= 11 is 1.41. The topological polar surface area (TPSA) is 56.6 Å². The van der Waals surface area contributed by atoms with Crippen LogP contribution in [0, 0.1) is 13.8 Å². The van der Waals surface area contributed by atoms with E-state index >= 15 is 0 Å². The molecule has 7 heteroatoms. The molecule has 1 fully saturated rings. The van der Waals surface area contributed by atoms with Crippen molar-refractivity contribution < 1.29 is 14.3 Å². The van der Waals surface area contributed by atoms with E-state index < -0.39 is 0 Å². The lowest BCUT2D eigenvalue weighted by molar-refractivity contribution is -0.00279. The van der Waals surface area contributed by atoms with E-state index in [1.165, 1.54) is 11.3 Å². The Balaban J connectivity index is 1.94. The number of methoxy groups -OCH3 is 1. The molecule has 0 bridgehead atoms. The van der Waals surface area contributed by atoms with Crippen LogP contribution in [0.3, 0.4) is 0 Å². The maximum atomic E-state index is 12.9. The summed E-state index contributed by atoms with van der Waals surface area (Å²) in [5.74, 6) is 0.742. The average Bonchev–Trinajstić information content (AvgIpc) is 3.12. The third-order valence-electron chi connectivity index (χ3n) is 4.31. The van der Waals surface area contributed by atoms with Crippen LogP contribution in [0.5, 0.6) is 5.75 Å². The number of aromatic nitrogens is 2. The van der Waals surface area contributed by atoms with Gasteiger partial charge in [-0.25, -0.2) is 0 Å². The fourth-order valence-corrected chi connectivity index (χ4v) is 3.85. The third-order valence-corrected chi connectivity index (χ3v) is 5.21. The van der Waals surface area contributed by atoms with E-state index in [9.17, 15) is 4.79 Å². The summed E-state index contributed by atoms with van der Waals surface area (Å²) in [6.07, 6.45) is 0. The van der Waals surface area contributed by atoms with E-state index in [1.54, 1.807) is 13.2 Å². The first kappa shape index (κ1) is 16.0. The van der Waals surface area contributed by atoms with Crippen molar-refractivity contribution in [3.05, 3.63) is 33.3 Å². The van der Waals surface area contributed by atoms with Crippen molar-refractivity contribution in [2.75, 3.05) is 26.9 Å². The van der Waals surface area contributed by atoms with Crippen LogP contribution in [0.15, 0.2) is 11.4 Å². The summed E-state index contributed by atoms with van der Waals surface area (Å²) in [5, 5.41) is 6.33. The first-order chi connectivity index (χ1) is 11.0. The van der Waals surface area contributed by atoms with E-state index in [0.29, 0.717) is 24.6 Å². The molecular formula is C16H21N3O3S. The molecule has 0 saturated carbocycles. The number of amides is 1. The molecule has 0 radical (unpaired) electrons. The van der Waals surface area contributed by atoms with Gasteiger partial charge in [0.15, 0.2) is 0 Å². The van der Waals surface area contributed by atoms with Gasteiger partial charge in [0.05, 0.1) is 36.9 Å². The van der Waals surface area contributed by atoms with Gasteiger partial charge in [-0.1, -0.05) is 0 Å². The van der Waals surface area contributed by atoms with Crippen LogP contribution in [-0.4, -0.2) is 47.5 Å². The summed E-state index contributed by atoms with van der Waals surface area (Å²) in [4.78, 5) is 15.5. The molecule has 1 atom stereocenters. The van der Waals surface area contributed by atoms with Crippen molar-refractivity contribution in [1.29, 1.82) is 0 Å². The molecule has 0 N–H and O–H groups in total. The molecule has 2 aromatic rings. The summed E-state index contributed by atoms with van der Waals surface area (Å²) in [5.41, 5.74) is 3.10. The molecule has 124 valence electrons. The van der Waals surface area contributed by atoms with Crippen molar-refractivity contribution in [1.82, 2.24) is 14.7 Å². The second-order valence-corrected chi connectivity index (χ2v) is 6.56. The fraction of sp³-hybridized carbons (Fsp3) is 0.500. The molecule has 0 aliphatic carbocycles. The number of aryl methyl sites for hydroxylation is 2. The largest absolute Gasteiger partial charge is 0.496 e. The number of morpholine rings is 1. The minimum Gasteiger partial charge on any atom is -0.496 e. The number of hydrogen-bond acceptors (Lipinski definition) is 5. The molecule has 1 aliphatic heterocycles. The molecule has 23 heavy (non-hydrogen) atoms. The highest BCUT2D eigenvalue weighted by atomic mass is 32.1. The van der Waals surface area contributed by atoms with Gasteiger partial charge in [0.1, 0.15) is 5.75 Å². The molecule has 1 amide bonds. The standard InChI is InChI=1S/C16H21N3O3S/c1-10-15(11(2)18(3)17-10)13-8-22-6-5-19(13)16(20)14-7-12(21-4)9-23-14/h7,9,13H,5-6,8H2,1-4H3/t13-/m0/s1. The van der Waals surface area contributed by atoms with Gasteiger partial charge in [0.2, 0.25) is 0 Å². The second-order valence-electron chi connectivity index (χ2n) is 5.65. The zero-order chi connectivity index (χ0) is 16.6. The summed E-state index contributed by atoms with van der Waals surface area (Å²) in [6, 6.07) is 1.70. The predicted molar refractivity (Wildman–Crippen MR) is 88.1 cm³/mol. The van der Waals surface area contributed by atoms with Gasteiger partial charge in [-0.2, -0.15) is 5.10 Å². The number of carbonyl (C=O) groups is 1. The van der Waals surface area contributed by atoms with Gasteiger partial charge in [0.25, 0.3) is 5.91 Å². The van der Waals surface area contributed by atoms with Crippen molar-refractivity contribution in [3.8, 4) is 5.75 Å². The van der Waals surface area contributed by atoms with Crippen molar-refractivity contribution >= 4 is 17.2 Å². The first-order valence-electron chi connectivity index (χ1n) is 7.54. The maximum absolute atomic E-state index is 12.9. The van der Waals surface area contributed by atoms with Crippen LogP contribution in [0.25, 0.3) is 0 Å². The normalized spacial score (nSPS) is 18.3. The Morgan fingerprint density at radius 3 is 2.87 bits per heavy atom.